The summed E-state index contributed by atoms with van der Waals surface area (Å²) in [6.07, 6.45) is 0.366. The van der Waals surface area contributed by atoms with Gasteiger partial charge in [0.15, 0.2) is 6.29 Å². The Morgan fingerprint density at radius 3 is 2.73 bits per heavy atom. The summed E-state index contributed by atoms with van der Waals surface area (Å²) >= 11 is 0. The van der Waals surface area contributed by atoms with Crippen LogP contribution in [-0.2, 0) is 6.42 Å². The van der Waals surface area contributed by atoms with Crippen LogP contribution in [-0.4, -0.2) is 11.2 Å². The summed E-state index contributed by atoms with van der Waals surface area (Å²) in [5.74, 6) is 0. The molecule has 1 aromatic carbocycles. The standard InChI is InChI=1S/C10H8N2O3/c1-7-4-8(2-3-11)10(12(14)15)9(5-7)6-13/h4-6H,2H2,1H3. The molecule has 1 aromatic rings. The van der Waals surface area contributed by atoms with Gasteiger partial charge in [-0.05, 0) is 24.6 Å². The van der Waals surface area contributed by atoms with E-state index in [1.54, 1.807) is 13.0 Å². The van der Waals surface area contributed by atoms with E-state index >= 15 is 0 Å². The summed E-state index contributed by atoms with van der Waals surface area (Å²) in [5.41, 5.74) is 0.764. The molecule has 76 valence electrons. The summed E-state index contributed by atoms with van der Waals surface area (Å²) in [7, 11) is 0. The molecule has 0 fully saturated rings. The fourth-order valence-electron chi connectivity index (χ4n) is 1.42. The first kappa shape index (κ1) is 10.9. The van der Waals surface area contributed by atoms with Gasteiger partial charge in [-0.1, -0.05) is 0 Å². The zero-order valence-corrected chi connectivity index (χ0v) is 8.06. The van der Waals surface area contributed by atoms with Crippen LogP contribution in [0.4, 0.5) is 5.69 Å². The molecule has 0 bridgehead atoms. The maximum atomic E-state index is 10.7. The van der Waals surface area contributed by atoms with Gasteiger partial charge in [-0.2, -0.15) is 5.26 Å². The Kier molecular flexibility index (Phi) is 3.13. The van der Waals surface area contributed by atoms with Crippen LogP contribution >= 0.6 is 0 Å². The number of hydrogen-bond acceptors (Lipinski definition) is 4. The number of nitro benzene ring substituents is 1. The van der Waals surface area contributed by atoms with Crippen molar-refractivity contribution in [2.75, 3.05) is 0 Å². The van der Waals surface area contributed by atoms with Crippen molar-refractivity contribution in [3.63, 3.8) is 0 Å². The van der Waals surface area contributed by atoms with Gasteiger partial charge >= 0.3 is 0 Å². The highest BCUT2D eigenvalue weighted by atomic mass is 16.6. The summed E-state index contributed by atoms with van der Waals surface area (Å²) in [4.78, 5) is 20.7. The third-order valence-electron chi connectivity index (χ3n) is 1.94. The van der Waals surface area contributed by atoms with Gasteiger partial charge in [0.05, 0.1) is 23.0 Å². The van der Waals surface area contributed by atoms with Gasteiger partial charge in [0.25, 0.3) is 5.69 Å². The third-order valence-corrected chi connectivity index (χ3v) is 1.94. The van der Waals surface area contributed by atoms with Gasteiger partial charge in [-0.3, -0.25) is 14.9 Å². The second kappa shape index (κ2) is 4.33. The van der Waals surface area contributed by atoms with Gasteiger partial charge in [-0.25, -0.2) is 0 Å². The Labute approximate surface area is 86.1 Å². The van der Waals surface area contributed by atoms with E-state index < -0.39 is 4.92 Å². The minimum atomic E-state index is -0.629. The van der Waals surface area contributed by atoms with E-state index in [0.717, 1.165) is 5.56 Å². The highest BCUT2D eigenvalue weighted by molar-refractivity contribution is 5.83. The highest BCUT2D eigenvalue weighted by Gasteiger charge is 2.19. The SMILES string of the molecule is Cc1cc(C=O)c([N+](=O)[O-])c(CC#N)c1. The van der Waals surface area contributed by atoms with Crippen LogP contribution in [0.5, 0.6) is 0 Å². The predicted octanol–water partition coefficient (Wildman–Crippen LogP) is 1.78. The number of carbonyl (C=O) groups is 1. The van der Waals surface area contributed by atoms with Crippen LogP contribution in [0.2, 0.25) is 0 Å². The molecule has 0 aliphatic heterocycles. The van der Waals surface area contributed by atoms with Crippen molar-refractivity contribution in [2.45, 2.75) is 13.3 Å². The Balaban J connectivity index is 3.48. The van der Waals surface area contributed by atoms with E-state index in [4.69, 9.17) is 5.26 Å². The average molecular weight is 204 g/mol. The third kappa shape index (κ3) is 2.17. The largest absolute Gasteiger partial charge is 0.298 e. The van der Waals surface area contributed by atoms with Crippen LogP contribution in [0.3, 0.4) is 0 Å². The molecule has 0 spiro atoms. The van der Waals surface area contributed by atoms with E-state index in [1.165, 1.54) is 6.07 Å². The Morgan fingerprint density at radius 1 is 1.60 bits per heavy atom. The van der Waals surface area contributed by atoms with Crippen LogP contribution in [0, 0.1) is 28.4 Å². The molecule has 0 atom stereocenters. The molecule has 0 unspecified atom stereocenters. The Bertz CT molecular complexity index is 460. The molecule has 0 heterocycles. The molecule has 0 aliphatic carbocycles. The van der Waals surface area contributed by atoms with Crippen LogP contribution in [0.25, 0.3) is 0 Å². The fourth-order valence-corrected chi connectivity index (χ4v) is 1.42. The number of carbonyl (C=O) groups excluding carboxylic acids is 1. The van der Waals surface area contributed by atoms with Crippen molar-refractivity contribution in [3.8, 4) is 6.07 Å². The van der Waals surface area contributed by atoms with E-state index in [9.17, 15) is 14.9 Å². The smallest absolute Gasteiger partial charge is 0.284 e. The highest BCUT2D eigenvalue weighted by Crippen LogP contribution is 2.24. The summed E-state index contributed by atoms with van der Waals surface area (Å²) in [6, 6.07) is 4.82. The lowest BCUT2D eigenvalue weighted by atomic mass is 10.0. The van der Waals surface area contributed by atoms with Crippen molar-refractivity contribution >= 4 is 12.0 Å². The Morgan fingerprint density at radius 2 is 2.27 bits per heavy atom. The number of aldehydes is 1. The maximum Gasteiger partial charge on any atom is 0.284 e. The number of benzene rings is 1. The number of aryl methyl sites for hydroxylation is 1. The minimum Gasteiger partial charge on any atom is -0.298 e. The predicted molar refractivity (Wildman–Crippen MR) is 52.5 cm³/mol. The molecule has 5 heteroatoms. The van der Waals surface area contributed by atoms with Crippen molar-refractivity contribution in [2.24, 2.45) is 0 Å². The molecular weight excluding hydrogens is 196 g/mol. The molecule has 5 nitrogen and oxygen atoms in total. The van der Waals surface area contributed by atoms with E-state index in [2.05, 4.69) is 0 Å². The first-order valence-electron chi connectivity index (χ1n) is 4.20. The fraction of sp³-hybridized carbons (Fsp3) is 0.200. The molecule has 0 saturated heterocycles. The molecule has 0 aliphatic rings. The summed E-state index contributed by atoms with van der Waals surface area (Å²) in [6.45, 7) is 1.72. The van der Waals surface area contributed by atoms with Gasteiger partial charge < -0.3 is 0 Å². The average Bonchev–Trinajstić information content (AvgIpc) is 2.16. The molecule has 15 heavy (non-hydrogen) atoms. The van der Waals surface area contributed by atoms with Gasteiger partial charge in [0.1, 0.15) is 0 Å². The second-order valence-electron chi connectivity index (χ2n) is 3.07. The lowest BCUT2D eigenvalue weighted by Crippen LogP contribution is -2.00. The van der Waals surface area contributed by atoms with Crippen molar-refractivity contribution < 1.29 is 9.72 Å². The lowest BCUT2D eigenvalue weighted by Gasteiger charge is -2.02. The molecule has 0 aromatic heterocycles. The Hall–Kier alpha value is -2.22. The normalized spacial score (nSPS) is 9.33. The van der Waals surface area contributed by atoms with E-state index in [0.29, 0.717) is 6.29 Å². The number of nitriles is 1. The van der Waals surface area contributed by atoms with Gasteiger partial charge in [0, 0.05) is 5.56 Å². The van der Waals surface area contributed by atoms with E-state index in [1.807, 2.05) is 6.07 Å². The summed E-state index contributed by atoms with van der Waals surface area (Å²) < 4.78 is 0. The number of rotatable bonds is 3. The van der Waals surface area contributed by atoms with Crippen LogP contribution in [0.15, 0.2) is 12.1 Å². The molecule has 0 radical (unpaired) electrons. The topological polar surface area (TPSA) is 84.0 Å². The van der Waals surface area contributed by atoms with Gasteiger partial charge in [-0.15, -0.1) is 0 Å². The molecule has 0 amide bonds. The number of nitro groups is 1. The zero-order chi connectivity index (χ0) is 11.4. The van der Waals surface area contributed by atoms with E-state index in [-0.39, 0.29) is 23.2 Å². The molecule has 0 saturated carbocycles. The van der Waals surface area contributed by atoms with Crippen LogP contribution < -0.4 is 0 Å². The maximum absolute atomic E-state index is 10.7. The first-order chi connectivity index (χ1) is 7.10. The molecule has 0 N–H and O–H groups in total. The number of nitrogens with zero attached hydrogens (tertiary/aromatic N) is 2. The van der Waals surface area contributed by atoms with Crippen molar-refractivity contribution in [3.05, 3.63) is 38.9 Å². The van der Waals surface area contributed by atoms with Crippen LogP contribution in [0.1, 0.15) is 21.5 Å². The monoisotopic (exact) mass is 204 g/mol. The number of hydrogen-bond donors (Lipinski definition) is 0. The quantitative estimate of drug-likeness (QED) is 0.426. The molecular formula is C10H8N2O3. The van der Waals surface area contributed by atoms with Crippen molar-refractivity contribution in [1.82, 2.24) is 0 Å². The van der Waals surface area contributed by atoms with Crippen molar-refractivity contribution in [1.29, 1.82) is 5.26 Å². The van der Waals surface area contributed by atoms with Gasteiger partial charge in [0.2, 0.25) is 0 Å². The zero-order valence-electron chi connectivity index (χ0n) is 8.06. The summed E-state index contributed by atoms with van der Waals surface area (Å²) in [5, 5.41) is 19.2. The minimum absolute atomic E-state index is 0.0188. The first-order valence-corrected chi connectivity index (χ1v) is 4.20. The molecule has 1 rings (SSSR count). The second-order valence-corrected chi connectivity index (χ2v) is 3.07. The lowest BCUT2D eigenvalue weighted by molar-refractivity contribution is -0.385.